The summed E-state index contributed by atoms with van der Waals surface area (Å²) >= 11 is 0. The first-order valence-corrected chi connectivity index (χ1v) is 11.3. The highest BCUT2D eigenvalue weighted by molar-refractivity contribution is 5.95. The van der Waals surface area contributed by atoms with Crippen molar-refractivity contribution in [2.75, 3.05) is 39.3 Å². The minimum Gasteiger partial charge on any atom is -0.342 e. The van der Waals surface area contributed by atoms with Crippen molar-refractivity contribution < 1.29 is 9.59 Å². The number of aryl methyl sites for hydroxylation is 1. The van der Waals surface area contributed by atoms with Gasteiger partial charge < -0.3 is 9.80 Å². The van der Waals surface area contributed by atoms with E-state index in [1.165, 1.54) is 5.56 Å². The number of aromatic nitrogens is 1. The summed E-state index contributed by atoms with van der Waals surface area (Å²) in [6.45, 7) is 7.46. The van der Waals surface area contributed by atoms with Crippen molar-refractivity contribution in [3.8, 4) is 0 Å². The summed E-state index contributed by atoms with van der Waals surface area (Å²) < 4.78 is 0. The van der Waals surface area contributed by atoms with Gasteiger partial charge in [0.1, 0.15) is 0 Å². The number of hydrogen-bond acceptors (Lipinski definition) is 4. The van der Waals surface area contributed by atoms with Crippen LogP contribution in [0.15, 0.2) is 48.7 Å². The molecule has 2 aromatic rings. The Hall–Kier alpha value is -2.73. The van der Waals surface area contributed by atoms with E-state index < -0.39 is 0 Å². The lowest BCUT2D eigenvalue weighted by atomic mass is 9.70. The zero-order chi connectivity index (χ0) is 21.4. The summed E-state index contributed by atoms with van der Waals surface area (Å²) in [4.78, 5) is 37.0. The fourth-order valence-electron chi connectivity index (χ4n) is 5.49. The van der Waals surface area contributed by atoms with Gasteiger partial charge in [-0.2, -0.15) is 0 Å². The third-order valence-electron chi connectivity index (χ3n) is 7.14. The lowest BCUT2D eigenvalue weighted by molar-refractivity contribution is -0.141. The summed E-state index contributed by atoms with van der Waals surface area (Å²) in [5.41, 5.74) is 2.66. The van der Waals surface area contributed by atoms with Crippen LogP contribution < -0.4 is 0 Å². The van der Waals surface area contributed by atoms with E-state index in [-0.39, 0.29) is 23.1 Å². The van der Waals surface area contributed by atoms with Crippen LogP contribution in [0.1, 0.15) is 34.5 Å². The van der Waals surface area contributed by atoms with Crippen LogP contribution in [0, 0.1) is 18.3 Å². The third-order valence-corrected chi connectivity index (χ3v) is 7.14. The average Bonchev–Trinajstić information content (AvgIpc) is 3.41. The van der Waals surface area contributed by atoms with Gasteiger partial charge in [-0.15, -0.1) is 0 Å². The van der Waals surface area contributed by atoms with Crippen molar-refractivity contribution in [1.29, 1.82) is 0 Å². The Morgan fingerprint density at radius 2 is 1.74 bits per heavy atom. The quantitative estimate of drug-likeness (QED) is 0.766. The number of likely N-dealkylation sites (tertiary alicyclic amines) is 3. The highest BCUT2D eigenvalue weighted by Gasteiger charge is 2.58. The summed E-state index contributed by atoms with van der Waals surface area (Å²) in [6.07, 6.45) is 3.86. The normalized spacial score (nSPS) is 22.7. The van der Waals surface area contributed by atoms with Crippen molar-refractivity contribution in [2.45, 2.75) is 26.3 Å². The summed E-state index contributed by atoms with van der Waals surface area (Å²) in [5.74, 6) is 0.277. The molecule has 162 valence electrons. The van der Waals surface area contributed by atoms with E-state index in [1.807, 2.05) is 34.9 Å². The molecule has 3 fully saturated rings. The number of carbonyl (C=O) groups is 2. The van der Waals surface area contributed by atoms with Gasteiger partial charge in [-0.05, 0) is 37.5 Å². The number of amides is 2. The van der Waals surface area contributed by atoms with Gasteiger partial charge in [0.15, 0.2) is 0 Å². The number of rotatable bonds is 4. The third kappa shape index (κ3) is 3.85. The minimum absolute atomic E-state index is 0.0204. The maximum Gasteiger partial charge on any atom is 0.255 e. The molecule has 3 aliphatic rings. The molecule has 1 aromatic carbocycles. The largest absolute Gasteiger partial charge is 0.342 e. The molecule has 0 aliphatic carbocycles. The van der Waals surface area contributed by atoms with Crippen LogP contribution in [-0.4, -0.2) is 70.8 Å². The molecule has 3 aliphatic heterocycles. The van der Waals surface area contributed by atoms with Gasteiger partial charge in [0.05, 0.1) is 11.5 Å². The molecule has 31 heavy (non-hydrogen) atoms. The van der Waals surface area contributed by atoms with Gasteiger partial charge in [0.2, 0.25) is 5.91 Å². The van der Waals surface area contributed by atoms with Gasteiger partial charge in [0, 0.05) is 63.1 Å². The fraction of sp³-hybridized carbons (Fsp3) is 0.480. The number of benzene rings is 1. The Kier molecular flexibility index (Phi) is 5.26. The zero-order valence-corrected chi connectivity index (χ0v) is 18.2. The summed E-state index contributed by atoms with van der Waals surface area (Å²) in [7, 11) is 0. The standard InChI is InChI=1S/C25H30N4O2/c1-19-9-10-21(13-26-19)23(30)29-17-25(18-29)16-27(14-20-7-3-2-4-8-20)15-22(25)24(31)28-11-5-6-12-28/h2-4,7-10,13,22H,5-6,11-12,14-18H2,1H3. The molecule has 1 atom stereocenters. The lowest BCUT2D eigenvalue weighted by Gasteiger charge is -2.51. The predicted octanol–water partition coefficient (Wildman–Crippen LogP) is 2.59. The highest BCUT2D eigenvalue weighted by atomic mass is 16.2. The molecule has 3 saturated heterocycles. The van der Waals surface area contributed by atoms with Crippen LogP contribution in [0.5, 0.6) is 0 Å². The number of nitrogens with zero attached hydrogens (tertiary/aromatic N) is 4. The topological polar surface area (TPSA) is 56.8 Å². The SMILES string of the molecule is Cc1ccc(C(=O)N2CC3(CN(Cc4ccccc4)CC3C(=O)N3CCCC3)C2)cn1. The summed E-state index contributed by atoms with van der Waals surface area (Å²) in [6, 6.07) is 14.2. The molecule has 1 unspecified atom stereocenters. The van der Waals surface area contributed by atoms with Crippen molar-refractivity contribution >= 4 is 11.8 Å². The van der Waals surface area contributed by atoms with Crippen molar-refractivity contribution in [3.63, 3.8) is 0 Å². The molecule has 4 heterocycles. The molecular weight excluding hydrogens is 388 g/mol. The zero-order valence-electron chi connectivity index (χ0n) is 18.2. The molecule has 2 amide bonds. The molecule has 1 spiro atoms. The molecule has 0 bridgehead atoms. The van der Waals surface area contributed by atoms with Gasteiger partial charge in [-0.25, -0.2) is 0 Å². The molecule has 1 aromatic heterocycles. The smallest absolute Gasteiger partial charge is 0.255 e. The predicted molar refractivity (Wildman–Crippen MR) is 118 cm³/mol. The first-order valence-electron chi connectivity index (χ1n) is 11.3. The van der Waals surface area contributed by atoms with Crippen molar-refractivity contribution in [3.05, 3.63) is 65.5 Å². The molecule has 0 radical (unpaired) electrons. The molecule has 0 saturated carbocycles. The second-order valence-corrected chi connectivity index (χ2v) is 9.45. The van der Waals surface area contributed by atoms with E-state index in [1.54, 1.807) is 6.20 Å². The van der Waals surface area contributed by atoms with Gasteiger partial charge in [-0.3, -0.25) is 19.5 Å². The second-order valence-electron chi connectivity index (χ2n) is 9.45. The van der Waals surface area contributed by atoms with Crippen LogP contribution in [0.4, 0.5) is 0 Å². The fourth-order valence-corrected chi connectivity index (χ4v) is 5.49. The average molecular weight is 419 g/mol. The van der Waals surface area contributed by atoms with Gasteiger partial charge >= 0.3 is 0 Å². The Morgan fingerprint density at radius 3 is 2.42 bits per heavy atom. The van der Waals surface area contributed by atoms with E-state index in [4.69, 9.17) is 0 Å². The maximum atomic E-state index is 13.4. The van der Waals surface area contributed by atoms with Crippen LogP contribution in [0.25, 0.3) is 0 Å². The van der Waals surface area contributed by atoms with Gasteiger partial charge in [0.25, 0.3) is 5.91 Å². The first kappa shape index (κ1) is 20.2. The summed E-state index contributed by atoms with van der Waals surface area (Å²) in [5, 5.41) is 0. The highest BCUT2D eigenvalue weighted by Crippen LogP contribution is 2.46. The molecule has 6 nitrogen and oxygen atoms in total. The van der Waals surface area contributed by atoms with E-state index >= 15 is 0 Å². The lowest BCUT2D eigenvalue weighted by Crippen LogP contribution is -2.64. The monoisotopic (exact) mass is 418 g/mol. The Balaban J connectivity index is 1.32. The molecule has 5 rings (SSSR count). The second kappa shape index (κ2) is 8.08. The van der Waals surface area contributed by atoms with Crippen molar-refractivity contribution in [1.82, 2.24) is 19.7 Å². The van der Waals surface area contributed by atoms with Crippen LogP contribution >= 0.6 is 0 Å². The molecular formula is C25H30N4O2. The minimum atomic E-state index is -0.137. The molecule has 0 N–H and O–H groups in total. The Labute approximate surface area is 183 Å². The van der Waals surface area contributed by atoms with Crippen LogP contribution in [0.2, 0.25) is 0 Å². The van der Waals surface area contributed by atoms with E-state index in [9.17, 15) is 9.59 Å². The van der Waals surface area contributed by atoms with E-state index in [0.717, 1.165) is 51.3 Å². The number of carbonyl (C=O) groups excluding carboxylic acids is 2. The number of pyridine rings is 1. The Bertz CT molecular complexity index is 947. The Morgan fingerprint density at radius 1 is 1.00 bits per heavy atom. The first-order chi connectivity index (χ1) is 15.0. The van der Waals surface area contributed by atoms with E-state index in [0.29, 0.717) is 18.7 Å². The van der Waals surface area contributed by atoms with Crippen LogP contribution in [-0.2, 0) is 11.3 Å². The van der Waals surface area contributed by atoms with E-state index in [2.05, 4.69) is 34.1 Å². The number of hydrogen-bond donors (Lipinski definition) is 0. The maximum absolute atomic E-state index is 13.4. The van der Waals surface area contributed by atoms with Gasteiger partial charge in [-0.1, -0.05) is 30.3 Å². The molecule has 6 heteroatoms. The van der Waals surface area contributed by atoms with Crippen molar-refractivity contribution in [2.24, 2.45) is 11.3 Å². The van der Waals surface area contributed by atoms with Crippen LogP contribution in [0.3, 0.4) is 0 Å².